The molecule has 4 aliphatic rings. The van der Waals surface area contributed by atoms with Crippen molar-refractivity contribution in [1.82, 2.24) is 9.88 Å². The lowest BCUT2D eigenvalue weighted by Crippen LogP contribution is -2.61. The first-order valence-corrected chi connectivity index (χ1v) is 14.7. The van der Waals surface area contributed by atoms with Crippen LogP contribution in [0.25, 0.3) is 0 Å². The van der Waals surface area contributed by atoms with Crippen LogP contribution in [0.1, 0.15) is 72.6 Å². The molecule has 4 fully saturated rings. The SMILES string of the molecule is CC1CCC2C(C1)C1C3CCCCC3C([Si](C)(C)NC(C)(C)C)C1N2C. The van der Waals surface area contributed by atoms with E-state index in [-0.39, 0.29) is 5.54 Å². The highest BCUT2D eigenvalue weighted by atomic mass is 28.3. The molecule has 0 aromatic carbocycles. The number of fused-ring (bicyclic) bond motifs is 5. The molecule has 3 heteroatoms. The van der Waals surface area contributed by atoms with Crippen molar-refractivity contribution >= 4 is 8.24 Å². The molecular formula is C23H44N2Si. The largest absolute Gasteiger partial charge is 0.332 e. The molecule has 0 radical (unpaired) electrons. The Hall–Kier alpha value is 0.137. The molecule has 1 aliphatic heterocycles. The molecule has 8 atom stereocenters. The minimum atomic E-state index is -1.51. The average molecular weight is 377 g/mol. The zero-order valence-electron chi connectivity index (χ0n) is 18.5. The Labute approximate surface area is 164 Å². The fourth-order valence-corrected chi connectivity index (χ4v) is 13.4. The summed E-state index contributed by atoms with van der Waals surface area (Å²) in [5.41, 5.74) is 1.19. The topological polar surface area (TPSA) is 15.3 Å². The minimum Gasteiger partial charge on any atom is -0.332 e. The normalized spacial score (nSPS) is 46.7. The van der Waals surface area contributed by atoms with Crippen molar-refractivity contribution in [2.75, 3.05) is 7.05 Å². The van der Waals surface area contributed by atoms with Gasteiger partial charge in [-0.05, 0) is 88.6 Å². The summed E-state index contributed by atoms with van der Waals surface area (Å²) in [6.07, 6.45) is 10.5. The molecule has 150 valence electrons. The summed E-state index contributed by atoms with van der Waals surface area (Å²) < 4.78 is 0. The molecule has 1 N–H and O–H groups in total. The third-order valence-corrected chi connectivity index (χ3v) is 12.6. The molecule has 0 spiro atoms. The zero-order valence-corrected chi connectivity index (χ0v) is 19.5. The standard InChI is InChI=1S/C23H44N2Si/c1-15-12-13-19-18(14-15)20-16-10-8-9-11-17(16)22(21(20)25(19)5)26(6,7)24-23(2,3)4/h15-22,24H,8-14H2,1-7H3. The van der Waals surface area contributed by atoms with Gasteiger partial charge in [-0.25, -0.2) is 0 Å². The van der Waals surface area contributed by atoms with Gasteiger partial charge in [0.15, 0.2) is 0 Å². The van der Waals surface area contributed by atoms with Gasteiger partial charge in [0.05, 0.1) is 0 Å². The molecule has 3 aliphatic carbocycles. The molecule has 3 saturated carbocycles. The van der Waals surface area contributed by atoms with E-state index in [2.05, 4.69) is 57.7 Å². The van der Waals surface area contributed by atoms with Crippen LogP contribution in [-0.4, -0.2) is 37.8 Å². The van der Waals surface area contributed by atoms with Gasteiger partial charge in [0.25, 0.3) is 0 Å². The maximum absolute atomic E-state index is 4.21. The molecule has 0 aromatic rings. The minimum absolute atomic E-state index is 0.246. The number of nitrogens with one attached hydrogen (secondary N) is 1. The van der Waals surface area contributed by atoms with E-state index in [1.807, 2.05) is 0 Å². The predicted octanol–water partition coefficient (Wildman–Crippen LogP) is 5.50. The summed E-state index contributed by atoms with van der Waals surface area (Å²) >= 11 is 0. The fourth-order valence-electron chi connectivity index (χ4n) is 8.51. The van der Waals surface area contributed by atoms with Crippen molar-refractivity contribution < 1.29 is 0 Å². The lowest BCUT2D eigenvalue weighted by Gasteiger charge is -2.46. The van der Waals surface area contributed by atoms with E-state index >= 15 is 0 Å². The van der Waals surface area contributed by atoms with Gasteiger partial charge in [-0.1, -0.05) is 39.3 Å². The Morgan fingerprint density at radius 3 is 2.23 bits per heavy atom. The summed E-state index contributed by atoms with van der Waals surface area (Å²) in [6, 6.07) is 1.77. The molecule has 0 bridgehead atoms. The van der Waals surface area contributed by atoms with Crippen molar-refractivity contribution in [2.45, 2.75) is 109 Å². The van der Waals surface area contributed by atoms with E-state index in [1.54, 1.807) is 0 Å². The van der Waals surface area contributed by atoms with Crippen LogP contribution >= 0.6 is 0 Å². The Bertz CT molecular complexity index is 525. The Morgan fingerprint density at radius 2 is 1.58 bits per heavy atom. The van der Waals surface area contributed by atoms with Crippen LogP contribution in [0.15, 0.2) is 0 Å². The summed E-state index contributed by atoms with van der Waals surface area (Å²) in [6.45, 7) is 15.0. The summed E-state index contributed by atoms with van der Waals surface area (Å²) in [5.74, 6) is 5.02. The first kappa shape index (κ1) is 19.5. The Kier molecular flexibility index (Phi) is 4.93. The van der Waals surface area contributed by atoms with Gasteiger partial charge in [0.2, 0.25) is 0 Å². The van der Waals surface area contributed by atoms with Crippen molar-refractivity contribution in [3.63, 3.8) is 0 Å². The van der Waals surface area contributed by atoms with Crippen LogP contribution in [0.3, 0.4) is 0 Å². The van der Waals surface area contributed by atoms with E-state index < -0.39 is 8.24 Å². The van der Waals surface area contributed by atoms with E-state index in [9.17, 15) is 0 Å². The van der Waals surface area contributed by atoms with Crippen molar-refractivity contribution in [1.29, 1.82) is 0 Å². The molecule has 2 nitrogen and oxygen atoms in total. The number of hydrogen-bond donors (Lipinski definition) is 1. The summed E-state index contributed by atoms with van der Waals surface area (Å²) in [7, 11) is 1.00. The monoisotopic (exact) mass is 376 g/mol. The van der Waals surface area contributed by atoms with E-state index in [0.29, 0.717) is 0 Å². The lowest BCUT2D eigenvalue weighted by molar-refractivity contribution is 0.116. The highest BCUT2D eigenvalue weighted by Gasteiger charge is 2.64. The van der Waals surface area contributed by atoms with Crippen LogP contribution in [0.4, 0.5) is 0 Å². The molecule has 0 aromatic heterocycles. The molecular weight excluding hydrogens is 332 g/mol. The van der Waals surface area contributed by atoms with Crippen molar-refractivity contribution in [3.05, 3.63) is 0 Å². The molecule has 1 saturated heterocycles. The van der Waals surface area contributed by atoms with Gasteiger partial charge in [-0.15, -0.1) is 0 Å². The zero-order chi connectivity index (χ0) is 18.9. The smallest absolute Gasteiger partial charge is 0.124 e. The maximum atomic E-state index is 4.21. The Balaban J connectivity index is 1.70. The second-order valence-electron chi connectivity index (χ2n) is 12.1. The van der Waals surface area contributed by atoms with Gasteiger partial charge in [-0.3, -0.25) is 4.90 Å². The van der Waals surface area contributed by atoms with Gasteiger partial charge < -0.3 is 4.98 Å². The molecule has 4 rings (SSSR count). The van der Waals surface area contributed by atoms with Crippen LogP contribution < -0.4 is 4.98 Å². The third kappa shape index (κ3) is 3.14. The van der Waals surface area contributed by atoms with Gasteiger partial charge in [0.1, 0.15) is 8.24 Å². The maximum Gasteiger partial charge on any atom is 0.124 e. The predicted molar refractivity (Wildman–Crippen MR) is 115 cm³/mol. The first-order valence-electron chi connectivity index (χ1n) is 11.6. The fraction of sp³-hybridized carbons (Fsp3) is 1.00. The van der Waals surface area contributed by atoms with E-state index in [1.165, 1.54) is 44.9 Å². The highest BCUT2D eigenvalue weighted by Crippen LogP contribution is 2.64. The van der Waals surface area contributed by atoms with Crippen molar-refractivity contribution in [2.24, 2.45) is 29.6 Å². The van der Waals surface area contributed by atoms with Gasteiger partial charge >= 0.3 is 0 Å². The number of hydrogen-bond acceptors (Lipinski definition) is 2. The summed E-state index contributed by atoms with van der Waals surface area (Å²) in [5, 5.41) is 0. The van der Waals surface area contributed by atoms with Gasteiger partial charge in [0, 0.05) is 17.6 Å². The van der Waals surface area contributed by atoms with Crippen LogP contribution in [-0.2, 0) is 0 Å². The lowest BCUT2D eigenvalue weighted by atomic mass is 9.68. The molecule has 1 heterocycles. The quantitative estimate of drug-likeness (QED) is 0.640. The van der Waals surface area contributed by atoms with Crippen molar-refractivity contribution in [3.8, 4) is 0 Å². The third-order valence-electron chi connectivity index (χ3n) is 8.74. The number of rotatable bonds is 2. The molecule has 26 heavy (non-hydrogen) atoms. The summed E-state index contributed by atoms with van der Waals surface area (Å²) in [4.78, 5) is 7.14. The molecule has 8 unspecified atom stereocenters. The number of likely N-dealkylation sites (tertiary alicyclic amines) is 1. The number of nitrogens with zero attached hydrogens (tertiary/aromatic N) is 1. The second kappa shape index (κ2) is 6.59. The van der Waals surface area contributed by atoms with E-state index in [4.69, 9.17) is 0 Å². The Morgan fingerprint density at radius 1 is 0.923 bits per heavy atom. The highest BCUT2D eigenvalue weighted by molar-refractivity contribution is 6.76. The first-order chi connectivity index (χ1) is 12.1. The van der Waals surface area contributed by atoms with E-state index in [0.717, 1.165) is 47.2 Å². The van der Waals surface area contributed by atoms with Gasteiger partial charge in [-0.2, -0.15) is 0 Å². The molecule has 0 amide bonds. The van der Waals surface area contributed by atoms with Crippen LogP contribution in [0.5, 0.6) is 0 Å². The van der Waals surface area contributed by atoms with Crippen LogP contribution in [0.2, 0.25) is 18.6 Å². The second-order valence-corrected chi connectivity index (χ2v) is 16.5. The average Bonchev–Trinajstić information content (AvgIpc) is 2.99. The van der Waals surface area contributed by atoms with Crippen LogP contribution in [0, 0.1) is 29.6 Å².